The number of nitrogens with one attached hydrogen (secondary N) is 1. The van der Waals surface area contributed by atoms with Gasteiger partial charge >= 0.3 is 11.8 Å². The van der Waals surface area contributed by atoms with Crippen molar-refractivity contribution < 1.29 is 17.7 Å². The van der Waals surface area contributed by atoms with Crippen LogP contribution in [0.1, 0.15) is 31.0 Å². The summed E-state index contributed by atoms with van der Waals surface area (Å²) in [5, 5.41) is 6.49. The molecule has 0 radical (unpaired) electrons. The lowest BCUT2D eigenvalue weighted by Gasteiger charge is -2.11. The van der Waals surface area contributed by atoms with E-state index in [4.69, 9.17) is 4.52 Å². The van der Waals surface area contributed by atoms with E-state index in [-0.39, 0.29) is 16.6 Å². The minimum atomic E-state index is -3.50. The van der Waals surface area contributed by atoms with Crippen LogP contribution in [-0.2, 0) is 10.0 Å². The van der Waals surface area contributed by atoms with Gasteiger partial charge in [-0.15, -0.1) is 0 Å². The molecule has 0 fully saturated rings. The first kappa shape index (κ1) is 19.1. The Morgan fingerprint density at radius 1 is 1.24 bits per heavy atom. The Labute approximate surface area is 147 Å². The summed E-state index contributed by atoms with van der Waals surface area (Å²) in [5.74, 6) is 0.160. The molecule has 0 atom stereocenters. The van der Waals surface area contributed by atoms with E-state index in [0.29, 0.717) is 18.0 Å². The van der Waals surface area contributed by atoms with Crippen molar-refractivity contribution in [3.63, 3.8) is 0 Å². The number of hydrogen-bond acceptors (Lipinski definition) is 6. The van der Waals surface area contributed by atoms with Crippen LogP contribution in [-0.4, -0.2) is 49.4 Å². The molecule has 0 spiro atoms. The second-order valence-corrected chi connectivity index (χ2v) is 8.33. The maximum Gasteiger partial charge on any atom is 0.316 e. The predicted molar refractivity (Wildman–Crippen MR) is 92.4 cm³/mol. The van der Waals surface area contributed by atoms with Gasteiger partial charge < -0.3 is 9.84 Å². The minimum Gasteiger partial charge on any atom is -0.348 e. The zero-order valence-corrected chi connectivity index (χ0v) is 15.5. The highest BCUT2D eigenvalue weighted by Gasteiger charge is 2.19. The first-order chi connectivity index (χ1) is 11.7. The van der Waals surface area contributed by atoms with Crippen LogP contribution < -0.4 is 5.32 Å². The molecule has 0 saturated carbocycles. The van der Waals surface area contributed by atoms with Gasteiger partial charge in [-0.25, -0.2) is 12.7 Å². The van der Waals surface area contributed by atoms with Crippen LogP contribution in [0.3, 0.4) is 0 Å². The van der Waals surface area contributed by atoms with Gasteiger partial charge in [0.05, 0.1) is 4.90 Å². The Morgan fingerprint density at radius 3 is 2.44 bits per heavy atom. The number of carbonyl (C=O) groups is 1. The molecule has 1 N–H and O–H groups in total. The lowest BCUT2D eigenvalue weighted by atomic mass is 10.1. The van der Waals surface area contributed by atoms with Gasteiger partial charge in [0.2, 0.25) is 15.8 Å². The van der Waals surface area contributed by atoms with Crippen molar-refractivity contribution in [2.24, 2.45) is 5.92 Å². The highest BCUT2D eigenvalue weighted by molar-refractivity contribution is 7.89. The number of rotatable bonds is 7. The maximum absolute atomic E-state index is 12.0. The van der Waals surface area contributed by atoms with E-state index in [9.17, 15) is 13.2 Å². The fourth-order valence-electron chi connectivity index (χ4n) is 1.97. The Morgan fingerprint density at radius 2 is 1.88 bits per heavy atom. The molecule has 0 aliphatic carbocycles. The molecule has 9 heteroatoms. The maximum atomic E-state index is 12.0. The first-order valence-corrected chi connectivity index (χ1v) is 9.30. The molecular weight excluding hydrogens is 344 g/mol. The third-order valence-corrected chi connectivity index (χ3v) is 5.35. The number of hydrogen-bond donors (Lipinski definition) is 1. The number of carbonyl (C=O) groups excluding carboxylic acids is 1. The second kappa shape index (κ2) is 7.75. The normalized spacial score (nSPS) is 11.9. The minimum absolute atomic E-state index is 0.122. The first-order valence-electron chi connectivity index (χ1n) is 7.86. The van der Waals surface area contributed by atoms with Crippen molar-refractivity contribution in [1.82, 2.24) is 19.8 Å². The molecule has 25 heavy (non-hydrogen) atoms. The molecule has 1 aromatic carbocycles. The van der Waals surface area contributed by atoms with Gasteiger partial charge in [-0.3, -0.25) is 4.79 Å². The Bertz CT molecular complexity index is 826. The lowest BCUT2D eigenvalue weighted by Crippen LogP contribution is -2.25. The van der Waals surface area contributed by atoms with Gasteiger partial charge in [-0.2, -0.15) is 4.98 Å². The highest BCUT2D eigenvalue weighted by Crippen LogP contribution is 2.20. The van der Waals surface area contributed by atoms with Gasteiger partial charge in [0, 0.05) is 26.2 Å². The van der Waals surface area contributed by atoms with E-state index in [1.165, 1.54) is 26.2 Å². The molecule has 0 aliphatic rings. The molecule has 1 aromatic heterocycles. The van der Waals surface area contributed by atoms with E-state index >= 15 is 0 Å². The Kier molecular flexibility index (Phi) is 5.91. The van der Waals surface area contributed by atoms with Crippen LogP contribution in [0, 0.1) is 5.92 Å². The van der Waals surface area contributed by atoms with Crippen LogP contribution in [0.4, 0.5) is 0 Å². The summed E-state index contributed by atoms with van der Waals surface area (Å²) in [6.45, 7) is 4.67. The summed E-state index contributed by atoms with van der Waals surface area (Å²) in [6.07, 6.45) is 0.856. The van der Waals surface area contributed by atoms with E-state index in [1.807, 2.05) is 0 Å². The molecular formula is C16H22N4O4S. The number of aromatic nitrogens is 2. The molecule has 1 heterocycles. The second-order valence-electron chi connectivity index (χ2n) is 6.17. The zero-order valence-electron chi connectivity index (χ0n) is 14.7. The molecule has 136 valence electrons. The van der Waals surface area contributed by atoms with Crippen LogP contribution in [0.2, 0.25) is 0 Å². The molecule has 0 saturated heterocycles. The van der Waals surface area contributed by atoms with Crippen molar-refractivity contribution >= 4 is 15.9 Å². The fraction of sp³-hybridized carbons (Fsp3) is 0.438. The average Bonchev–Trinajstić information content (AvgIpc) is 3.04. The standard InChI is InChI=1S/C16H22N4O4S/c1-11(2)9-10-17-15(21)16-18-14(19-24-16)12-5-7-13(8-6-12)25(22,23)20(3)4/h5-8,11H,9-10H2,1-4H3,(H,17,21). The van der Waals surface area contributed by atoms with Gasteiger partial charge in [0.1, 0.15) is 0 Å². The third kappa shape index (κ3) is 4.64. The van der Waals surface area contributed by atoms with Gasteiger partial charge in [-0.05, 0) is 36.6 Å². The smallest absolute Gasteiger partial charge is 0.316 e. The van der Waals surface area contributed by atoms with Crippen molar-refractivity contribution in [3.05, 3.63) is 30.2 Å². The molecule has 0 unspecified atom stereocenters. The van der Waals surface area contributed by atoms with Gasteiger partial charge in [0.25, 0.3) is 0 Å². The largest absolute Gasteiger partial charge is 0.348 e. The molecule has 1 amide bonds. The summed E-state index contributed by atoms with van der Waals surface area (Å²) < 4.78 is 30.2. The van der Waals surface area contributed by atoms with Crippen LogP contribution in [0.5, 0.6) is 0 Å². The van der Waals surface area contributed by atoms with Crippen molar-refractivity contribution in [1.29, 1.82) is 0 Å². The predicted octanol–water partition coefficient (Wildman–Crippen LogP) is 1.76. The topological polar surface area (TPSA) is 105 Å². The van der Waals surface area contributed by atoms with E-state index in [1.54, 1.807) is 12.1 Å². The Hall–Kier alpha value is -2.26. The summed E-state index contributed by atoms with van der Waals surface area (Å²) in [7, 11) is -0.567. The van der Waals surface area contributed by atoms with Crippen molar-refractivity contribution in [3.8, 4) is 11.4 Å². The van der Waals surface area contributed by atoms with E-state index < -0.39 is 15.9 Å². The SMILES string of the molecule is CC(C)CCNC(=O)c1nc(-c2ccc(S(=O)(=O)N(C)C)cc2)no1. The Balaban J connectivity index is 2.11. The fourth-order valence-corrected chi connectivity index (χ4v) is 2.87. The highest BCUT2D eigenvalue weighted by atomic mass is 32.2. The summed E-state index contributed by atoms with van der Waals surface area (Å²) in [4.78, 5) is 16.2. The lowest BCUT2D eigenvalue weighted by molar-refractivity contribution is 0.0908. The van der Waals surface area contributed by atoms with Gasteiger partial charge in [0.15, 0.2) is 0 Å². The summed E-state index contributed by atoms with van der Waals surface area (Å²) in [5.41, 5.74) is 0.558. The third-order valence-electron chi connectivity index (χ3n) is 3.52. The van der Waals surface area contributed by atoms with Crippen LogP contribution >= 0.6 is 0 Å². The molecule has 2 aromatic rings. The molecule has 2 rings (SSSR count). The summed E-state index contributed by atoms with van der Waals surface area (Å²) in [6, 6.07) is 6.07. The molecule has 8 nitrogen and oxygen atoms in total. The number of benzene rings is 1. The molecule has 0 bridgehead atoms. The van der Waals surface area contributed by atoms with Crippen molar-refractivity contribution in [2.75, 3.05) is 20.6 Å². The number of sulfonamides is 1. The number of nitrogens with zero attached hydrogens (tertiary/aromatic N) is 3. The summed E-state index contributed by atoms with van der Waals surface area (Å²) >= 11 is 0. The van der Waals surface area contributed by atoms with E-state index in [0.717, 1.165) is 10.7 Å². The average molecular weight is 366 g/mol. The van der Waals surface area contributed by atoms with E-state index in [2.05, 4.69) is 29.3 Å². The van der Waals surface area contributed by atoms with Crippen molar-refractivity contribution in [2.45, 2.75) is 25.2 Å². The zero-order chi connectivity index (χ0) is 18.6. The molecule has 0 aliphatic heterocycles. The van der Waals surface area contributed by atoms with Gasteiger partial charge in [-0.1, -0.05) is 19.0 Å². The van der Waals surface area contributed by atoms with Crippen LogP contribution in [0.15, 0.2) is 33.7 Å². The van der Waals surface area contributed by atoms with Crippen LogP contribution in [0.25, 0.3) is 11.4 Å². The quantitative estimate of drug-likeness (QED) is 0.800. The monoisotopic (exact) mass is 366 g/mol. The number of amides is 1.